The molecule has 2 unspecified atom stereocenters. The van der Waals surface area contributed by atoms with Crippen molar-refractivity contribution in [2.45, 2.75) is 31.4 Å². The van der Waals surface area contributed by atoms with Crippen LogP contribution in [0.15, 0.2) is 0 Å². The molecule has 0 aliphatic carbocycles. The largest absolute Gasteiger partial charge is 0.480 e. The molecule has 1 aliphatic rings. The van der Waals surface area contributed by atoms with Crippen molar-refractivity contribution >= 4 is 23.8 Å². The Morgan fingerprint density at radius 3 is 2.79 bits per heavy atom. The number of nitrogens with zero attached hydrogens (tertiary/aromatic N) is 1. The minimum absolute atomic E-state index is 0.191. The zero-order valence-electron chi connectivity index (χ0n) is 11.4. The summed E-state index contributed by atoms with van der Waals surface area (Å²) in [5.41, 5.74) is 0. The van der Waals surface area contributed by atoms with Crippen molar-refractivity contribution in [2.75, 3.05) is 32.2 Å². The number of unbranched alkanes of at least 4 members (excludes halogenated alkanes) is 1. The van der Waals surface area contributed by atoms with E-state index < -0.39 is 12.0 Å². The van der Waals surface area contributed by atoms with Crippen molar-refractivity contribution in [1.29, 1.82) is 0 Å². The monoisotopic (exact) mass is 290 g/mol. The highest BCUT2D eigenvalue weighted by atomic mass is 32.2. The zero-order chi connectivity index (χ0) is 14.3. The first-order chi connectivity index (χ1) is 9.10. The third kappa shape index (κ3) is 4.91. The number of ether oxygens (including phenoxy) is 1. The number of urea groups is 1. The quantitative estimate of drug-likeness (QED) is 0.684. The Hall–Kier alpha value is -0.950. The summed E-state index contributed by atoms with van der Waals surface area (Å²) < 4.78 is 5.14. The molecule has 0 radical (unpaired) electrons. The molecule has 2 atom stereocenters. The molecule has 0 spiro atoms. The van der Waals surface area contributed by atoms with Crippen LogP contribution in [-0.4, -0.2) is 66.4 Å². The fraction of sp³-hybridized carbons (Fsp3) is 0.833. The van der Waals surface area contributed by atoms with Crippen molar-refractivity contribution < 1.29 is 19.4 Å². The molecule has 0 saturated carbocycles. The van der Waals surface area contributed by atoms with Crippen molar-refractivity contribution in [2.24, 2.45) is 0 Å². The Morgan fingerprint density at radius 2 is 2.21 bits per heavy atom. The van der Waals surface area contributed by atoms with E-state index in [1.54, 1.807) is 11.8 Å². The van der Waals surface area contributed by atoms with Crippen LogP contribution >= 0.6 is 11.8 Å². The number of thioether (sulfide) groups is 1. The standard InChI is InChI=1S/C12H22N2O4S/c1-18-9-7-10(11(15)16)14(8-9)12(17)13-5-3-4-6-19-2/h9-10H,3-8H2,1-2H3,(H,13,17)(H,15,16). The second-order valence-electron chi connectivity index (χ2n) is 4.53. The summed E-state index contributed by atoms with van der Waals surface area (Å²) in [7, 11) is 1.54. The third-order valence-electron chi connectivity index (χ3n) is 3.19. The van der Waals surface area contributed by atoms with E-state index in [9.17, 15) is 9.59 Å². The minimum atomic E-state index is -0.975. The van der Waals surface area contributed by atoms with Gasteiger partial charge in [0.25, 0.3) is 0 Å². The van der Waals surface area contributed by atoms with Crippen molar-refractivity contribution in [3.8, 4) is 0 Å². The molecule has 2 N–H and O–H groups in total. The summed E-state index contributed by atoms with van der Waals surface area (Å²) in [6.45, 7) is 0.921. The summed E-state index contributed by atoms with van der Waals surface area (Å²) in [6, 6.07) is -1.09. The van der Waals surface area contributed by atoms with Crippen molar-refractivity contribution in [3.05, 3.63) is 0 Å². The Morgan fingerprint density at radius 1 is 1.47 bits per heavy atom. The second-order valence-corrected chi connectivity index (χ2v) is 5.52. The van der Waals surface area contributed by atoms with Gasteiger partial charge in [-0.1, -0.05) is 0 Å². The van der Waals surface area contributed by atoms with Gasteiger partial charge in [-0.15, -0.1) is 0 Å². The molecule has 1 aliphatic heterocycles. The number of rotatable bonds is 7. The molecular formula is C12H22N2O4S. The fourth-order valence-electron chi connectivity index (χ4n) is 2.10. The Balaban J connectivity index is 2.39. The van der Waals surface area contributed by atoms with Crippen molar-refractivity contribution in [1.82, 2.24) is 10.2 Å². The molecule has 19 heavy (non-hydrogen) atoms. The fourth-order valence-corrected chi connectivity index (χ4v) is 2.59. The summed E-state index contributed by atoms with van der Waals surface area (Å²) in [4.78, 5) is 24.4. The lowest BCUT2D eigenvalue weighted by molar-refractivity contribution is -0.141. The average molecular weight is 290 g/mol. The highest BCUT2D eigenvalue weighted by Crippen LogP contribution is 2.20. The number of aliphatic carboxylic acids is 1. The lowest BCUT2D eigenvalue weighted by atomic mass is 10.2. The van der Waals surface area contributed by atoms with Crippen LogP contribution in [0, 0.1) is 0 Å². The molecule has 1 rings (SSSR count). The number of likely N-dealkylation sites (tertiary alicyclic amines) is 1. The topological polar surface area (TPSA) is 78.9 Å². The lowest BCUT2D eigenvalue weighted by Crippen LogP contribution is -2.46. The normalized spacial score (nSPS) is 22.5. The van der Waals surface area contributed by atoms with Gasteiger partial charge in [-0.3, -0.25) is 0 Å². The van der Waals surface area contributed by atoms with E-state index in [-0.39, 0.29) is 12.1 Å². The number of methoxy groups -OCH3 is 1. The summed E-state index contributed by atoms with van der Waals surface area (Å²) in [5, 5.41) is 11.9. The van der Waals surface area contributed by atoms with E-state index in [1.165, 1.54) is 12.0 Å². The van der Waals surface area contributed by atoms with Crippen LogP contribution in [0.25, 0.3) is 0 Å². The SMILES string of the molecule is COC1CC(C(=O)O)N(C(=O)NCCCCSC)C1. The van der Waals surface area contributed by atoms with Crippen LogP contribution in [0.5, 0.6) is 0 Å². The van der Waals surface area contributed by atoms with Gasteiger partial charge in [0.1, 0.15) is 6.04 Å². The number of amides is 2. The molecular weight excluding hydrogens is 268 g/mol. The molecule has 7 heteroatoms. The van der Waals surface area contributed by atoms with Gasteiger partial charge < -0.3 is 20.1 Å². The molecule has 110 valence electrons. The van der Waals surface area contributed by atoms with E-state index >= 15 is 0 Å². The first kappa shape index (κ1) is 16.1. The molecule has 1 fully saturated rings. The predicted molar refractivity (Wildman–Crippen MR) is 74.6 cm³/mol. The third-order valence-corrected chi connectivity index (χ3v) is 3.89. The number of carboxylic acid groups (broad SMARTS) is 1. The molecule has 6 nitrogen and oxygen atoms in total. The predicted octanol–water partition coefficient (Wildman–Crippen LogP) is 1.01. The molecule has 0 bridgehead atoms. The number of nitrogens with one attached hydrogen (secondary N) is 1. The summed E-state index contributed by atoms with van der Waals surface area (Å²) >= 11 is 1.78. The average Bonchev–Trinajstić information content (AvgIpc) is 2.82. The first-order valence-electron chi connectivity index (χ1n) is 6.39. The molecule has 0 aromatic heterocycles. The van der Waals surface area contributed by atoms with Crippen LogP contribution in [0.1, 0.15) is 19.3 Å². The van der Waals surface area contributed by atoms with Gasteiger partial charge in [-0.05, 0) is 24.9 Å². The maximum Gasteiger partial charge on any atom is 0.326 e. The molecule has 1 heterocycles. The van der Waals surface area contributed by atoms with Crippen LogP contribution in [0.3, 0.4) is 0 Å². The smallest absolute Gasteiger partial charge is 0.326 e. The van der Waals surface area contributed by atoms with Crippen LogP contribution in [0.2, 0.25) is 0 Å². The van der Waals surface area contributed by atoms with Gasteiger partial charge in [-0.2, -0.15) is 11.8 Å². The van der Waals surface area contributed by atoms with Gasteiger partial charge in [0, 0.05) is 26.6 Å². The van der Waals surface area contributed by atoms with Crippen molar-refractivity contribution in [3.63, 3.8) is 0 Å². The van der Waals surface area contributed by atoms with E-state index in [1.807, 2.05) is 6.26 Å². The lowest BCUT2D eigenvalue weighted by Gasteiger charge is -2.21. The number of hydrogen-bond donors (Lipinski definition) is 2. The maximum atomic E-state index is 11.9. The molecule has 0 aromatic carbocycles. The second kappa shape index (κ2) is 8.27. The van der Waals surface area contributed by atoms with Crippen LogP contribution in [-0.2, 0) is 9.53 Å². The van der Waals surface area contributed by atoms with Gasteiger partial charge in [0.2, 0.25) is 0 Å². The van der Waals surface area contributed by atoms with Gasteiger partial charge in [0.05, 0.1) is 6.10 Å². The van der Waals surface area contributed by atoms with Gasteiger partial charge in [-0.25, -0.2) is 9.59 Å². The minimum Gasteiger partial charge on any atom is -0.480 e. The van der Waals surface area contributed by atoms with E-state index in [0.717, 1.165) is 18.6 Å². The Labute approximate surface area is 117 Å². The summed E-state index contributed by atoms with van der Waals surface area (Å²) in [5.74, 6) is 0.0976. The van der Waals surface area contributed by atoms with Crippen LogP contribution < -0.4 is 5.32 Å². The van der Waals surface area contributed by atoms with E-state index in [2.05, 4.69) is 5.32 Å². The molecule has 2 amide bonds. The van der Waals surface area contributed by atoms with Gasteiger partial charge in [0.15, 0.2) is 0 Å². The van der Waals surface area contributed by atoms with E-state index in [0.29, 0.717) is 19.5 Å². The number of carbonyl (C=O) groups excluding carboxylic acids is 1. The first-order valence-corrected chi connectivity index (χ1v) is 7.78. The Kier molecular flexibility index (Phi) is 7.01. The zero-order valence-corrected chi connectivity index (χ0v) is 12.2. The maximum absolute atomic E-state index is 11.9. The van der Waals surface area contributed by atoms with Crippen LogP contribution in [0.4, 0.5) is 4.79 Å². The molecule has 0 aromatic rings. The van der Waals surface area contributed by atoms with E-state index in [4.69, 9.17) is 9.84 Å². The number of carbonyl (C=O) groups is 2. The van der Waals surface area contributed by atoms with Gasteiger partial charge >= 0.3 is 12.0 Å². The number of hydrogen-bond acceptors (Lipinski definition) is 4. The summed E-state index contributed by atoms with van der Waals surface area (Å²) in [6.07, 6.45) is 4.16. The highest BCUT2D eigenvalue weighted by molar-refractivity contribution is 7.98. The highest BCUT2D eigenvalue weighted by Gasteiger charge is 2.39. The Bertz CT molecular complexity index is 314. The number of carboxylic acids is 1. The molecule has 1 saturated heterocycles.